The molecule has 2 heterocycles. The molecule has 0 aliphatic carbocycles. The molecule has 0 unspecified atom stereocenters. The van der Waals surface area contributed by atoms with Gasteiger partial charge in [-0.05, 0) is 72.5 Å². The van der Waals surface area contributed by atoms with Gasteiger partial charge in [0.05, 0.1) is 48.9 Å². The molecule has 0 saturated carbocycles. The van der Waals surface area contributed by atoms with Crippen LogP contribution in [0.25, 0.3) is 22.6 Å². The molecule has 0 fully saturated rings. The number of carbonyl (C=O) groups excluding carboxylic acids is 5. The van der Waals surface area contributed by atoms with Gasteiger partial charge in [-0.15, -0.1) is 0 Å². The van der Waals surface area contributed by atoms with Crippen LogP contribution in [0.15, 0.2) is 142 Å². The Morgan fingerprint density at radius 2 is 1.00 bits per heavy atom. The Hall–Kier alpha value is -7.03. The smallest absolute Gasteiger partial charge is 0.360 e. The molecule has 6 aromatic rings. The first-order valence-electron chi connectivity index (χ1n) is 27.0. The number of benzene rings is 4. The van der Waals surface area contributed by atoms with Crippen molar-refractivity contribution >= 4 is 55.8 Å². The van der Waals surface area contributed by atoms with Crippen LogP contribution in [-0.4, -0.2) is 90.0 Å². The minimum absolute atomic E-state index is 0.0345. The SMILES string of the molecule is CCCCC[C@H](CN(C=O)OCc1ccccc1)C(=O)NCNC(=O)c1ccc(-c2cccc(P(=O)(OC)OC)c2)o1.CCCCC[C@H](CNOCc1ccccc1)C(=O)NCNC(=O)c1ccc(-c2cccc(P(=O)(OC)OC)c2)o1. The third-order valence-electron chi connectivity index (χ3n) is 12.9. The molecule has 5 N–H and O–H groups in total. The fourth-order valence-electron chi connectivity index (χ4n) is 8.20. The largest absolute Gasteiger partial charge is 0.451 e. The van der Waals surface area contributed by atoms with Crippen LogP contribution in [0.5, 0.6) is 0 Å². The number of hydrogen-bond acceptors (Lipinski definition) is 16. The van der Waals surface area contributed by atoms with Crippen LogP contribution in [0.1, 0.15) is 97.5 Å². The molecule has 21 nitrogen and oxygen atoms in total. The van der Waals surface area contributed by atoms with Crippen molar-refractivity contribution < 1.29 is 69.7 Å². The van der Waals surface area contributed by atoms with Crippen LogP contribution >= 0.6 is 15.2 Å². The molecule has 23 heteroatoms. The molecular formula is C59H76N6O15P2. The number of rotatable bonds is 35. The number of nitrogens with one attached hydrogen (secondary N) is 5. The van der Waals surface area contributed by atoms with E-state index in [9.17, 15) is 33.1 Å². The van der Waals surface area contributed by atoms with Gasteiger partial charge in [-0.25, -0.2) is 10.5 Å². The Morgan fingerprint density at radius 3 is 1.45 bits per heavy atom. The van der Waals surface area contributed by atoms with Gasteiger partial charge >= 0.3 is 15.2 Å². The van der Waals surface area contributed by atoms with E-state index in [1.165, 1.54) is 40.6 Å². The molecule has 0 aliphatic rings. The van der Waals surface area contributed by atoms with Crippen molar-refractivity contribution in [1.82, 2.24) is 31.8 Å². The highest BCUT2D eigenvalue weighted by Gasteiger charge is 2.27. The van der Waals surface area contributed by atoms with Gasteiger partial charge in [-0.3, -0.25) is 42.8 Å². The van der Waals surface area contributed by atoms with Crippen LogP contribution in [-0.2, 0) is 64.5 Å². The molecule has 0 spiro atoms. The molecule has 5 amide bonds. The molecule has 0 bridgehead atoms. The summed E-state index contributed by atoms with van der Waals surface area (Å²) >= 11 is 0. The van der Waals surface area contributed by atoms with Crippen LogP contribution in [0.3, 0.4) is 0 Å². The molecular weight excluding hydrogens is 1090 g/mol. The van der Waals surface area contributed by atoms with Crippen molar-refractivity contribution in [2.45, 2.75) is 78.4 Å². The van der Waals surface area contributed by atoms with Crippen molar-refractivity contribution in [3.63, 3.8) is 0 Å². The second-order valence-corrected chi connectivity index (χ2v) is 23.1. The van der Waals surface area contributed by atoms with Crippen LogP contribution < -0.4 is 37.4 Å². The summed E-state index contributed by atoms with van der Waals surface area (Å²) in [5.41, 5.74) is 6.03. The second-order valence-electron chi connectivity index (χ2n) is 18.6. The van der Waals surface area contributed by atoms with Gasteiger partial charge in [-0.1, -0.05) is 137 Å². The highest BCUT2D eigenvalue weighted by atomic mass is 31.2. The highest BCUT2D eigenvalue weighted by molar-refractivity contribution is 7.62. The zero-order chi connectivity index (χ0) is 59.2. The third kappa shape index (κ3) is 20.7. The fraction of sp³-hybridized carbons (Fsp3) is 0.373. The van der Waals surface area contributed by atoms with E-state index in [-0.39, 0.29) is 55.7 Å². The topological polar surface area (TPSA) is 265 Å². The first-order valence-corrected chi connectivity index (χ1v) is 30.1. The summed E-state index contributed by atoms with van der Waals surface area (Å²) < 4.78 is 57.0. The fourth-order valence-corrected chi connectivity index (χ4v) is 10.5. The summed E-state index contributed by atoms with van der Waals surface area (Å²) in [6.07, 6.45) is 7.58. The Labute approximate surface area is 479 Å². The van der Waals surface area contributed by atoms with Gasteiger partial charge in [0.1, 0.15) is 18.1 Å². The summed E-state index contributed by atoms with van der Waals surface area (Å²) in [6.45, 7) is 5.03. The molecule has 0 aliphatic heterocycles. The minimum atomic E-state index is -3.46. The standard InChI is InChI=1S/C30H38N3O8P.C29H38N3O7P/c1-4-5-7-13-25(19-33(22-34)40-20-23-11-8-6-9-12-23)29(35)31-21-32-30(36)28-17-16-27(41-28)24-14-10-15-26(18-24)42(37,38-2)39-3;1-4-5-7-13-24(19-32-38-20-22-11-8-6-9-12-22)28(33)30-21-31-29(34)27-17-16-26(39-27)23-14-10-15-25(18-23)40(35,36-2)37-3/h6,8-12,14-18,22,25H,4-5,7,13,19-21H2,1-3H3,(H,31,35)(H,32,36);6,8-12,14-18,24,32H,4-5,7,13,19-21H2,1-3H3,(H,30,33)(H,31,34)/t25-;24-/m11/s1. The van der Waals surface area contributed by atoms with E-state index in [1.54, 1.807) is 60.7 Å². The monoisotopic (exact) mass is 1170 g/mol. The molecule has 0 radical (unpaired) electrons. The summed E-state index contributed by atoms with van der Waals surface area (Å²) in [5.74, 6) is -1.42. The maximum Gasteiger partial charge on any atom is 0.360 e. The maximum absolute atomic E-state index is 13.0. The Balaban J connectivity index is 0.000000301. The molecule has 2 aromatic heterocycles. The zero-order valence-electron chi connectivity index (χ0n) is 47.3. The Bertz CT molecular complexity index is 3000. The van der Waals surface area contributed by atoms with E-state index in [2.05, 4.69) is 40.6 Å². The summed E-state index contributed by atoms with van der Waals surface area (Å²) in [5, 5.41) is 12.6. The van der Waals surface area contributed by atoms with E-state index >= 15 is 0 Å². The number of amides is 5. The van der Waals surface area contributed by atoms with Crippen LogP contribution in [0, 0.1) is 11.8 Å². The van der Waals surface area contributed by atoms with Gasteiger partial charge < -0.3 is 48.2 Å². The van der Waals surface area contributed by atoms with Gasteiger partial charge in [0.25, 0.3) is 11.8 Å². The van der Waals surface area contributed by atoms with Crippen LogP contribution in [0.4, 0.5) is 0 Å². The average Bonchev–Trinajstić information content (AvgIpc) is 4.24. The quantitative estimate of drug-likeness (QED) is 0.00815. The molecule has 6 rings (SSSR count). The number of furan rings is 2. The molecule has 4 aromatic carbocycles. The van der Waals surface area contributed by atoms with E-state index in [0.29, 0.717) is 65.7 Å². The second kappa shape index (κ2) is 35.1. The summed E-state index contributed by atoms with van der Waals surface area (Å²) in [4.78, 5) is 74.0. The number of hydrogen-bond donors (Lipinski definition) is 5. The lowest BCUT2D eigenvalue weighted by Gasteiger charge is -2.23. The van der Waals surface area contributed by atoms with Crippen LogP contribution in [0.2, 0.25) is 0 Å². The normalized spacial score (nSPS) is 12.1. The molecule has 82 heavy (non-hydrogen) atoms. The average molecular weight is 1170 g/mol. The van der Waals surface area contributed by atoms with E-state index in [1.807, 2.05) is 60.7 Å². The first-order chi connectivity index (χ1) is 39.7. The lowest BCUT2D eigenvalue weighted by atomic mass is 10.0. The van der Waals surface area contributed by atoms with Gasteiger partial charge in [-0.2, -0.15) is 0 Å². The number of hydroxylamine groups is 3. The van der Waals surface area contributed by atoms with Crippen molar-refractivity contribution in [3.8, 4) is 22.6 Å². The Kier molecular flexibility index (Phi) is 28.1. The van der Waals surface area contributed by atoms with Gasteiger partial charge in [0, 0.05) is 46.1 Å². The number of nitrogens with zero attached hydrogens (tertiary/aromatic N) is 1. The minimum Gasteiger partial charge on any atom is -0.451 e. The van der Waals surface area contributed by atoms with E-state index in [4.69, 9.17) is 36.6 Å². The molecule has 2 atom stereocenters. The predicted octanol–water partition coefficient (Wildman–Crippen LogP) is 9.43. The summed E-state index contributed by atoms with van der Waals surface area (Å²) in [7, 11) is -1.65. The van der Waals surface area contributed by atoms with Crippen molar-refractivity contribution in [1.29, 1.82) is 0 Å². The molecule has 0 saturated heterocycles. The number of unbranched alkanes of at least 4 members (excludes halogenated alkanes) is 4. The van der Waals surface area contributed by atoms with Crippen molar-refractivity contribution in [2.24, 2.45) is 11.8 Å². The van der Waals surface area contributed by atoms with Gasteiger partial charge in [0.2, 0.25) is 18.2 Å². The lowest BCUT2D eigenvalue weighted by Crippen LogP contribution is -2.43. The van der Waals surface area contributed by atoms with Crippen molar-refractivity contribution in [2.75, 3.05) is 54.9 Å². The Morgan fingerprint density at radius 1 is 0.549 bits per heavy atom. The number of carbonyl (C=O) groups is 5. The maximum atomic E-state index is 13.0. The van der Waals surface area contributed by atoms with Crippen molar-refractivity contribution in [3.05, 3.63) is 156 Å². The highest BCUT2D eigenvalue weighted by Crippen LogP contribution is 2.46. The lowest BCUT2D eigenvalue weighted by molar-refractivity contribution is -0.182. The van der Waals surface area contributed by atoms with Gasteiger partial charge in [0.15, 0.2) is 11.5 Å². The molecule has 442 valence electrons. The first kappa shape index (κ1) is 65.8. The summed E-state index contributed by atoms with van der Waals surface area (Å²) in [6, 6.07) is 38.9. The zero-order valence-corrected chi connectivity index (χ0v) is 49.1. The predicted molar refractivity (Wildman–Crippen MR) is 310 cm³/mol. The van der Waals surface area contributed by atoms with E-state index < -0.39 is 32.9 Å². The van der Waals surface area contributed by atoms with E-state index in [0.717, 1.165) is 54.7 Å². The third-order valence-corrected chi connectivity index (χ3v) is 16.6.